The van der Waals surface area contributed by atoms with E-state index in [4.69, 9.17) is 0 Å². The van der Waals surface area contributed by atoms with Gasteiger partial charge in [-0.05, 0) is 6.07 Å². The fourth-order valence-corrected chi connectivity index (χ4v) is 1.27. The molecule has 1 aromatic carbocycles. The number of benzene rings is 1. The third-order valence-electron chi connectivity index (χ3n) is 1.92. The Balaban J connectivity index is 2.84. The number of hydrogen-bond donors (Lipinski definition) is 2. The van der Waals surface area contributed by atoms with Crippen LogP contribution >= 0.6 is 0 Å². The molecular weight excluding hydrogens is 166 g/mol. The number of anilines is 1. The summed E-state index contributed by atoms with van der Waals surface area (Å²) in [7, 11) is 1.81. The second kappa shape index (κ2) is 2.90. The predicted molar refractivity (Wildman–Crippen MR) is 50.7 cm³/mol. The van der Waals surface area contributed by atoms with Gasteiger partial charge in [0.05, 0.1) is 11.9 Å². The smallest absolute Gasteiger partial charge is 0.143 e. The van der Waals surface area contributed by atoms with Crippen molar-refractivity contribution >= 4 is 16.6 Å². The van der Waals surface area contributed by atoms with Crippen molar-refractivity contribution < 1.29 is 5.11 Å². The number of rotatable bonds is 1. The van der Waals surface area contributed by atoms with E-state index >= 15 is 0 Å². The quantitative estimate of drug-likeness (QED) is 0.687. The second-order valence-electron chi connectivity index (χ2n) is 2.68. The Labute approximate surface area is 75.2 Å². The van der Waals surface area contributed by atoms with Crippen molar-refractivity contribution in [1.82, 2.24) is 10.2 Å². The zero-order valence-corrected chi connectivity index (χ0v) is 7.15. The number of phenols is 1. The fourth-order valence-electron chi connectivity index (χ4n) is 1.27. The minimum absolute atomic E-state index is 0.155. The number of nitrogens with one attached hydrogen (secondary N) is 1. The summed E-state index contributed by atoms with van der Waals surface area (Å²) in [5.74, 6) is 0.155. The molecule has 0 saturated heterocycles. The first kappa shape index (κ1) is 7.79. The van der Waals surface area contributed by atoms with Crippen molar-refractivity contribution in [3.63, 3.8) is 0 Å². The van der Waals surface area contributed by atoms with Crippen LogP contribution in [0.2, 0.25) is 0 Å². The number of nitrogens with zero attached hydrogens (tertiary/aromatic N) is 2. The lowest BCUT2D eigenvalue weighted by molar-refractivity contribution is 0.480. The molecule has 0 fully saturated rings. The van der Waals surface area contributed by atoms with Crippen LogP contribution in [-0.2, 0) is 0 Å². The topological polar surface area (TPSA) is 58.0 Å². The Morgan fingerprint density at radius 3 is 3.00 bits per heavy atom. The molecule has 0 aliphatic rings. The van der Waals surface area contributed by atoms with E-state index in [-0.39, 0.29) is 5.75 Å². The van der Waals surface area contributed by atoms with E-state index in [0.717, 1.165) is 11.1 Å². The van der Waals surface area contributed by atoms with Gasteiger partial charge in [0, 0.05) is 12.4 Å². The van der Waals surface area contributed by atoms with Crippen LogP contribution < -0.4 is 5.32 Å². The summed E-state index contributed by atoms with van der Waals surface area (Å²) in [6.07, 6.45) is 1.63. The number of aromatic hydroxyl groups is 1. The zero-order chi connectivity index (χ0) is 9.26. The lowest BCUT2D eigenvalue weighted by Crippen LogP contribution is -1.93. The molecule has 0 aliphatic carbocycles. The molecule has 4 heteroatoms. The highest BCUT2D eigenvalue weighted by molar-refractivity contribution is 5.93. The van der Waals surface area contributed by atoms with Crippen molar-refractivity contribution in [3.8, 4) is 5.75 Å². The minimum atomic E-state index is 0.155. The molecule has 0 amide bonds. The summed E-state index contributed by atoms with van der Waals surface area (Å²) in [6, 6.07) is 5.26. The lowest BCUT2D eigenvalue weighted by Gasteiger charge is -2.04. The monoisotopic (exact) mass is 175 g/mol. The van der Waals surface area contributed by atoms with Gasteiger partial charge in [-0.25, -0.2) is 0 Å². The van der Waals surface area contributed by atoms with Gasteiger partial charge in [0.1, 0.15) is 11.3 Å². The van der Waals surface area contributed by atoms with E-state index in [9.17, 15) is 5.11 Å². The van der Waals surface area contributed by atoms with Crippen LogP contribution in [0.5, 0.6) is 5.75 Å². The van der Waals surface area contributed by atoms with E-state index in [1.807, 2.05) is 6.07 Å². The van der Waals surface area contributed by atoms with Crippen molar-refractivity contribution in [3.05, 3.63) is 24.4 Å². The highest BCUT2D eigenvalue weighted by Crippen LogP contribution is 2.26. The van der Waals surface area contributed by atoms with E-state index in [1.165, 1.54) is 0 Å². The number of aromatic nitrogens is 2. The van der Waals surface area contributed by atoms with Gasteiger partial charge < -0.3 is 10.4 Å². The third-order valence-corrected chi connectivity index (χ3v) is 1.92. The van der Waals surface area contributed by atoms with Crippen LogP contribution in [-0.4, -0.2) is 22.4 Å². The van der Waals surface area contributed by atoms with Gasteiger partial charge in [0.25, 0.3) is 0 Å². The molecule has 4 nitrogen and oxygen atoms in total. The van der Waals surface area contributed by atoms with Crippen molar-refractivity contribution in [2.24, 2.45) is 0 Å². The Morgan fingerprint density at radius 2 is 2.23 bits per heavy atom. The van der Waals surface area contributed by atoms with Crippen LogP contribution in [0.3, 0.4) is 0 Å². The standard InChI is InChI=1S/C9H9N3O/c1-10-7-5-11-12-9-6(7)3-2-4-8(9)13/h2-5,13H,1H3,(H,10,12). The summed E-state index contributed by atoms with van der Waals surface area (Å²) in [5, 5.41) is 20.9. The zero-order valence-electron chi connectivity index (χ0n) is 7.15. The molecule has 1 aromatic heterocycles. The van der Waals surface area contributed by atoms with Gasteiger partial charge in [0.2, 0.25) is 0 Å². The highest BCUT2D eigenvalue weighted by Gasteiger charge is 2.03. The van der Waals surface area contributed by atoms with E-state index in [1.54, 1.807) is 25.4 Å². The van der Waals surface area contributed by atoms with Crippen LogP contribution in [0, 0.1) is 0 Å². The van der Waals surface area contributed by atoms with Crippen LogP contribution in [0.15, 0.2) is 24.4 Å². The van der Waals surface area contributed by atoms with Gasteiger partial charge >= 0.3 is 0 Å². The lowest BCUT2D eigenvalue weighted by atomic mass is 10.2. The molecule has 0 radical (unpaired) electrons. The first-order chi connectivity index (χ1) is 6.33. The maximum atomic E-state index is 9.46. The Hall–Kier alpha value is -1.84. The summed E-state index contributed by atoms with van der Waals surface area (Å²) in [4.78, 5) is 0. The van der Waals surface area contributed by atoms with Gasteiger partial charge in [-0.2, -0.15) is 5.10 Å². The molecule has 2 N–H and O–H groups in total. The maximum absolute atomic E-state index is 9.46. The molecule has 0 bridgehead atoms. The summed E-state index contributed by atoms with van der Waals surface area (Å²) in [5.41, 5.74) is 1.38. The van der Waals surface area contributed by atoms with Crippen molar-refractivity contribution in [1.29, 1.82) is 0 Å². The molecule has 0 aliphatic heterocycles. The SMILES string of the molecule is CNc1cnnc2c(O)cccc12. The highest BCUT2D eigenvalue weighted by atomic mass is 16.3. The van der Waals surface area contributed by atoms with E-state index < -0.39 is 0 Å². The molecule has 1 heterocycles. The summed E-state index contributed by atoms with van der Waals surface area (Å²) < 4.78 is 0. The average molecular weight is 175 g/mol. The predicted octanol–water partition coefficient (Wildman–Crippen LogP) is 1.38. The van der Waals surface area contributed by atoms with Crippen LogP contribution in [0.1, 0.15) is 0 Å². The Morgan fingerprint density at radius 1 is 1.38 bits per heavy atom. The molecule has 0 atom stereocenters. The Kier molecular flexibility index (Phi) is 1.73. The normalized spacial score (nSPS) is 10.2. The second-order valence-corrected chi connectivity index (χ2v) is 2.68. The molecule has 0 spiro atoms. The molecule has 13 heavy (non-hydrogen) atoms. The number of hydrogen-bond acceptors (Lipinski definition) is 4. The van der Waals surface area contributed by atoms with Crippen molar-refractivity contribution in [2.45, 2.75) is 0 Å². The van der Waals surface area contributed by atoms with Crippen LogP contribution in [0.4, 0.5) is 5.69 Å². The van der Waals surface area contributed by atoms with Crippen LogP contribution in [0.25, 0.3) is 10.9 Å². The molecule has 66 valence electrons. The van der Waals surface area contributed by atoms with E-state index in [2.05, 4.69) is 15.5 Å². The van der Waals surface area contributed by atoms with Gasteiger partial charge in [-0.15, -0.1) is 5.10 Å². The number of fused-ring (bicyclic) bond motifs is 1. The third kappa shape index (κ3) is 1.16. The van der Waals surface area contributed by atoms with Gasteiger partial charge in [-0.1, -0.05) is 12.1 Å². The first-order valence-electron chi connectivity index (χ1n) is 3.94. The molecule has 2 rings (SSSR count). The number of phenolic OH excluding ortho intramolecular Hbond substituents is 1. The summed E-state index contributed by atoms with van der Waals surface area (Å²) >= 11 is 0. The molecule has 2 aromatic rings. The summed E-state index contributed by atoms with van der Waals surface area (Å²) in [6.45, 7) is 0. The maximum Gasteiger partial charge on any atom is 0.143 e. The van der Waals surface area contributed by atoms with Gasteiger partial charge in [0.15, 0.2) is 0 Å². The average Bonchev–Trinajstić information content (AvgIpc) is 2.18. The first-order valence-corrected chi connectivity index (χ1v) is 3.94. The van der Waals surface area contributed by atoms with Crippen molar-refractivity contribution in [2.75, 3.05) is 12.4 Å². The molecular formula is C9H9N3O. The van der Waals surface area contributed by atoms with E-state index in [0.29, 0.717) is 5.52 Å². The molecule has 0 saturated carbocycles. The minimum Gasteiger partial charge on any atom is -0.506 e. The largest absolute Gasteiger partial charge is 0.506 e. The van der Waals surface area contributed by atoms with Gasteiger partial charge in [-0.3, -0.25) is 0 Å². The Bertz CT molecular complexity index is 442. The fraction of sp³-hybridized carbons (Fsp3) is 0.111. The molecule has 0 unspecified atom stereocenters.